The van der Waals surface area contributed by atoms with Gasteiger partial charge in [0.25, 0.3) is 5.91 Å². The number of fused-ring (bicyclic) bond motifs is 2. The van der Waals surface area contributed by atoms with E-state index in [0.29, 0.717) is 45.1 Å². The fourth-order valence-corrected chi connectivity index (χ4v) is 7.28. The molecule has 4 amide bonds. The molecule has 222 valence electrons. The Morgan fingerprint density at radius 3 is 2.51 bits per heavy atom. The maximum atomic E-state index is 13.8. The smallest absolute Gasteiger partial charge is 0.259 e. The Balaban J connectivity index is 1.32. The molecule has 11 heteroatoms. The lowest BCUT2D eigenvalue weighted by atomic mass is 10.0. The second kappa shape index (κ2) is 12.0. The molecule has 2 saturated carbocycles. The molecule has 1 aromatic rings. The van der Waals surface area contributed by atoms with Crippen LogP contribution in [0.1, 0.15) is 75.3 Å². The van der Waals surface area contributed by atoms with Gasteiger partial charge in [-0.25, -0.2) is 8.42 Å². The number of rotatable bonds is 6. The molecule has 0 aromatic heterocycles. The summed E-state index contributed by atoms with van der Waals surface area (Å²) in [4.78, 5) is 55.1. The Hall–Kier alpha value is -3.21. The van der Waals surface area contributed by atoms with Gasteiger partial charge in [-0.3, -0.25) is 23.9 Å². The first-order valence-electron chi connectivity index (χ1n) is 14.8. The summed E-state index contributed by atoms with van der Waals surface area (Å²) in [7, 11) is -3.78. The second-order valence-corrected chi connectivity index (χ2v) is 13.9. The van der Waals surface area contributed by atoms with Gasteiger partial charge < -0.3 is 15.5 Å². The molecule has 4 aliphatic rings. The van der Waals surface area contributed by atoms with Crippen LogP contribution in [0.4, 0.5) is 0 Å². The maximum Gasteiger partial charge on any atom is 0.259 e. The van der Waals surface area contributed by atoms with Gasteiger partial charge in [0.1, 0.15) is 17.6 Å². The van der Waals surface area contributed by atoms with Crippen LogP contribution in [0.2, 0.25) is 0 Å². The minimum atomic E-state index is -3.78. The zero-order chi connectivity index (χ0) is 29.2. The molecule has 2 heterocycles. The van der Waals surface area contributed by atoms with E-state index in [1.54, 1.807) is 0 Å². The SMILES string of the molecule is Cc1ccc(CC(=O)N[C@H]2CCCCCC=C[C@@H]3C[C@@]3(C(=O)NS(=O)(=O)C3CC3)NC(=O)C3CCCN3C2=O)cc1. The fourth-order valence-electron chi connectivity index (χ4n) is 5.91. The minimum absolute atomic E-state index is 0.154. The predicted octanol–water partition coefficient (Wildman–Crippen LogP) is 2.02. The topological polar surface area (TPSA) is 142 Å². The first kappa shape index (κ1) is 29.3. The molecule has 1 saturated heterocycles. The molecule has 10 nitrogen and oxygen atoms in total. The largest absolute Gasteiger partial charge is 0.344 e. The number of carbonyl (C=O) groups is 4. The Kier molecular flexibility index (Phi) is 8.54. The van der Waals surface area contributed by atoms with Crippen molar-refractivity contribution in [1.29, 1.82) is 0 Å². The van der Waals surface area contributed by atoms with E-state index >= 15 is 0 Å². The van der Waals surface area contributed by atoms with Crippen molar-refractivity contribution in [2.24, 2.45) is 5.92 Å². The number of benzene rings is 1. The third-order valence-electron chi connectivity index (χ3n) is 8.65. The lowest BCUT2D eigenvalue weighted by Crippen LogP contribution is -2.58. The summed E-state index contributed by atoms with van der Waals surface area (Å²) in [5.41, 5.74) is 0.601. The quantitative estimate of drug-likeness (QED) is 0.437. The number of hydrogen-bond donors (Lipinski definition) is 3. The Morgan fingerprint density at radius 1 is 1.02 bits per heavy atom. The van der Waals surface area contributed by atoms with Gasteiger partial charge in [0.05, 0.1) is 11.7 Å². The molecule has 2 aliphatic heterocycles. The zero-order valence-corrected chi connectivity index (χ0v) is 24.4. The van der Waals surface area contributed by atoms with Gasteiger partial charge >= 0.3 is 0 Å². The zero-order valence-electron chi connectivity index (χ0n) is 23.6. The van der Waals surface area contributed by atoms with Crippen molar-refractivity contribution in [3.63, 3.8) is 0 Å². The van der Waals surface area contributed by atoms with Crippen LogP contribution in [0.15, 0.2) is 36.4 Å². The van der Waals surface area contributed by atoms with Gasteiger partial charge in [0, 0.05) is 12.5 Å². The molecule has 1 unspecified atom stereocenters. The third kappa shape index (κ3) is 6.82. The summed E-state index contributed by atoms with van der Waals surface area (Å²) < 4.78 is 27.2. The van der Waals surface area contributed by atoms with Crippen molar-refractivity contribution >= 4 is 33.7 Å². The highest BCUT2D eigenvalue weighted by Crippen LogP contribution is 2.46. The summed E-state index contributed by atoms with van der Waals surface area (Å²) in [6, 6.07) is 6.14. The number of sulfonamides is 1. The first-order chi connectivity index (χ1) is 19.6. The highest BCUT2D eigenvalue weighted by molar-refractivity contribution is 7.91. The van der Waals surface area contributed by atoms with Gasteiger partial charge in [-0.2, -0.15) is 0 Å². The van der Waals surface area contributed by atoms with Gasteiger partial charge in [0.15, 0.2) is 0 Å². The minimum Gasteiger partial charge on any atom is -0.344 e. The number of aryl methyl sites for hydroxylation is 1. The van der Waals surface area contributed by atoms with Gasteiger partial charge in [-0.05, 0) is 63.9 Å². The Labute approximate surface area is 241 Å². The molecule has 5 rings (SSSR count). The van der Waals surface area contributed by atoms with Gasteiger partial charge in [-0.1, -0.05) is 54.8 Å². The van der Waals surface area contributed by atoms with Gasteiger partial charge in [0.2, 0.25) is 27.7 Å². The molecule has 2 aliphatic carbocycles. The lowest BCUT2D eigenvalue weighted by molar-refractivity contribution is -0.142. The number of nitrogens with one attached hydrogen (secondary N) is 3. The molecule has 0 radical (unpaired) electrons. The van der Waals surface area contributed by atoms with E-state index in [2.05, 4.69) is 15.4 Å². The van der Waals surface area contributed by atoms with Crippen molar-refractivity contribution in [3.05, 3.63) is 47.5 Å². The summed E-state index contributed by atoms with van der Waals surface area (Å²) in [5, 5.41) is 5.22. The van der Waals surface area contributed by atoms with Crippen LogP contribution in [-0.4, -0.2) is 66.4 Å². The molecule has 41 heavy (non-hydrogen) atoms. The highest BCUT2D eigenvalue weighted by atomic mass is 32.2. The van der Waals surface area contributed by atoms with E-state index in [9.17, 15) is 27.6 Å². The number of nitrogens with zero attached hydrogens (tertiary/aromatic N) is 1. The molecule has 0 bridgehead atoms. The second-order valence-electron chi connectivity index (χ2n) is 12.0. The third-order valence-corrected chi connectivity index (χ3v) is 10.5. The summed E-state index contributed by atoms with van der Waals surface area (Å²) in [5.74, 6) is -2.04. The molecule has 3 N–H and O–H groups in total. The number of hydrogen-bond acceptors (Lipinski definition) is 6. The molecular weight excluding hydrogens is 544 g/mol. The van der Waals surface area contributed by atoms with Crippen molar-refractivity contribution < 1.29 is 27.6 Å². The molecule has 1 aromatic carbocycles. The molecule has 3 fully saturated rings. The van der Waals surface area contributed by atoms with Crippen LogP contribution < -0.4 is 15.4 Å². The van der Waals surface area contributed by atoms with Crippen LogP contribution in [0, 0.1) is 12.8 Å². The standard InChI is InChI=1S/C30H40N4O6S/c1-20-11-13-21(14-12-20)18-26(35)31-24-9-6-4-2-3-5-8-22-19-30(22,29(38)33-41(39,40)23-15-16-23)32-27(36)25-10-7-17-34(25)28(24)37/h5,8,11-14,22-25H,2-4,6-7,9-10,15-19H2,1H3,(H,31,35)(H,32,36)(H,33,38)/t22-,24+,25?,30-/m1/s1. The van der Waals surface area contributed by atoms with Gasteiger partial charge in [-0.15, -0.1) is 0 Å². The summed E-state index contributed by atoms with van der Waals surface area (Å²) >= 11 is 0. The van der Waals surface area contributed by atoms with Crippen LogP contribution in [0.25, 0.3) is 0 Å². The Morgan fingerprint density at radius 2 is 1.78 bits per heavy atom. The average Bonchev–Trinajstić information content (AvgIpc) is 3.84. The van der Waals surface area contributed by atoms with Crippen molar-refractivity contribution in [1.82, 2.24) is 20.3 Å². The number of amides is 4. The maximum absolute atomic E-state index is 13.8. The first-order valence-corrected chi connectivity index (χ1v) is 16.3. The summed E-state index contributed by atoms with van der Waals surface area (Å²) in [6.07, 6.45) is 10.1. The van der Waals surface area contributed by atoms with E-state index in [1.165, 1.54) is 4.90 Å². The van der Waals surface area contributed by atoms with E-state index in [0.717, 1.165) is 36.8 Å². The monoisotopic (exact) mass is 584 g/mol. The summed E-state index contributed by atoms with van der Waals surface area (Å²) in [6.45, 7) is 2.35. The average molecular weight is 585 g/mol. The van der Waals surface area contributed by atoms with E-state index in [4.69, 9.17) is 0 Å². The Bertz CT molecular complexity index is 1320. The van der Waals surface area contributed by atoms with E-state index in [1.807, 2.05) is 43.3 Å². The number of allylic oxidation sites excluding steroid dienone is 1. The fraction of sp³-hybridized carbons (Fsp3) is 0.600. The molecule has 0 spiro atoms. The lowest BCUT2D eigenvalue weighted by Gasteiger charge is -2.30. The van der Waals surface area contributed by atoms with Crippen LogP contribution in [-0.2, 0) is 35.6 Å². The van der Waals surface area contributed by atoms with E-state index in [-0.39, 0.29) is 24.2 Å². The van der Waals surface area contributed by atoms with Crippen molar-refractivity contribution in [2.45, 2.75) is 100 Å². The number of carbonyl (C=O) groups excluding carboxylic acids is 4. The predicted molar refractivity (Wildman–Crippen MR) is 153 cm³/mol. The molecular formula is C30H40N4O6S. The molecule has 4 atom stereocenters. The van der Waals surface area contributed by atoms with Crippen molar-refractivity contribution in [3.8, 4) is 0 Å². The van der Waals surface area contributed by atoms with Crippen molar-refractivity contribution in [2.75, 3.05) is 6.54 Å². The van der Waals surface area contributed by atoms with Crippen LogP contribution in [0.3, 0.4) is 0 Å². The normalized spacial score (nSPS) is 28.9. The van der Waals surface area contributed by atoms with Crippen LogP contribution in [0.5, 0.6) is 0 Å². The highest BCUT2D eigenvalue weighted by Gasteiger charge is 2.61. The van der Waals surface area contributed by atoms with Crippen LogP contribution >= 0.6 is 0 Å². The van der Waals surface area contributed by atoms with E-state index < -0.39 is 44.7 Å².